The lowest BCUT2D eigenvalue weighted by atomic mass is 10.1. The summed E-state index contributed by atoms with van der Waals surface area (Å²) in [6, 6.07) is 5.85. The Balaban J connectivity index is 2.13. The summed E-state index contributed by atoms with van der Waals surface area (Å²) in [5, 5.41) is 6.95. The lowest BCUT2D eigenvalue weighted by molar-refractivity contribution is 0.685. The average Bonchev–Trinajstić information content (AvgIpc) is 2.79. The topological polar surface area (TPSA) is 69.6 Å². The van der Waals surface area contributed by atoms with Crippen LogP contribution in [0.2, 0.25) is 0 Å². The van der Waals surface area contributed by atoms with Gasteiger partial charge in [-0.05, 0) is 30.0 Å². The van der Waals surface area contributed by atoms with Gasteiger partial charge in [-0.1, -0.05) is 0 Å². The minimum atomic E-state index is 0.736. The molecule has 0 radical (unpaired) electrons. The Hall–Kier alpha value is -2.08. The molecule has 0 amide bonds. The molecule has 0 aliphatic rings. The van der Waals surface area contributed by atoms with Crippen LogP contribution in [-0.2, 0) is 7.05 Å². The van der Waals surface area contributed by atoms with Crippen LogP contribution in [0.5, 0.6) is 0 Å². The number of aromatic nitrogens is 4. The van der Waals surface area contributed by atoms with E-state index in [9.17, 15) is 0 Å². The van der Waals surface area contributed by atoms with E-state index in [1.165, 1.54) is 0 Å². The number of hydrogen-bond acceptors (Lipinski definition) is 5. The summed E-state index contributed by atoms with van der Waals surface area (Å²) in [6.45, 7) is 0. The number of fused-ring (bicyclic) bond motifs is 1. The Bertz CT molecular complexity index is 707. The summed E-state index contributed by atoms with van der Waals surface area (Å²) in [5.41, 5.74) is 6.68. The maximum Gasteiger partial charge on any atom is 0.190 e. The van der Waals surface area contributed by atoms with Crippen LogP contribution in [0.4, 0.5) is 5.69 Å². The summed E-state index contributed by atoms with van der Waals surface area (Å²) in [4.78, 5) is 9.41. The first-order valence-corrected chi connectivity index (χ1v) is 6.21. The fraction of sp³-hybridized carbons (Fsp3) is 0.0833. The van der Waals surface area contributed by atoms with E-state index in [1.54, 1.807) is 35.2 Å². The van der Waals surface area contributed by atoms with E-state index in [-0.39, 0.29) is 0 Å². The third-order valence-electron chi connectivity index (χ3n) is 2.68. The Morgan fingerprint density at radius 2 is 2.11 bits per heavy atom. The van der Waals surface area contributed by atoms with Crippen molar-refractivity contribution >= 4 is 28.2 Å². The van der Waals surface area contributed by atoms with E-state index in [0.29, 0.717) is 0 Å². The molecule has 0 aliphatic heterocycles. The van der Waals surface area contributed by atoms with Crippen molar-refractivity contribution < 1.29 is 0 Å². The zero-order valence-electron chi connectivity index (χ0n) is 9.74. The molecule has 3 aromatic rings. The Kier molecular flexibility index (Phi) is 2.64. The van der Waals surface area contributed by atoms with Crippen LogP contribution >= 0.6 is 11.8 Å². The number of hydrogen-bond donors (Lipinski definition) is 1. The van der Waals surface area contributed by atoms with E-state index in [0.717, 1.165) is 26.5 Å². The highest BCUT2D eigenvalue weighted by Crippen LogP contribution is 2.34. The number of rotatable bonds is 2. The van der Waals surface area contributed by atoms with E-state index in [2.05, 4.69) is 15.1 Å². The third kappa shape index (κ3) is 1.80. The van der Waals surface area contributed by atoms with Crippen molar-refractivity contribution in [2.24, 2.45) is 7.05 Å². The van der Waals surface area contributed by atoms with E-state index < -0.39 is 0 Å². The number of aryl methyl sites for hydroxylation is 1. The molecule has 0 fully saturated rings. The normalized spacial score (nSPS) is 10.9. The lowest BCUT2D eigenvalue weighted by Crippen LogP contribution is -1.93. The molecule has 3 rings (SSSR count). The van der Waals surface area contributed by atoms with Gasteiger partial charge in [0.2, 0.25) is 0 Å². The highest BCUT2D eigenvalue weighted by molar-refractivity contribution is 7.99. The molecule has 0 unspecified atom stereocenters. The highest BCUT2D eigenvalue weighted by atomic mass is 32.2. The zero-order chi connectivity index (χ0) is 12.5. The molecule has 6 heteroatoms. The Labute approximate surface area is 108 Å². The van der Waals surface area contributed by atoms with Crippen LogP contribution in [0.25, 0.3) is 10.8 Å². The molecule has 2 N–H and O–H groups in total. The van der Waals surface area contributed by atoms with Crippen LogP contribution < -0.4 is 5.73 Å². The van der Waals surface area contributed by atoms with Gasteiger partial charge in [0.1, 0.15) is 6.33 Å². The second-order valence-electron chi connectivity index (χ2n) is 3.84. The minimum absolute atomic E-state index is 0.736. The number of anilines is 1. The van der Waals surface area contributed by atoms with Crippen LogP contribution in [0.3, 0.4) is 0 Å². The lowest BCUT2D eigenvalue weighted by Gasteiger charge is -2.07. The summed E-state index contributed by atoms with van der Waals surface area (Å²) >= 11 is 1.57. The molecule has 0 saturated carbocycles. The summed E-state index contributed by atoms with van der Waals surface area (Å²) in [6.07, 6.45) is 5.09. The van der Waals surface area contributed by atoms with Gasteiger partial charge in [0.05, 0.1) is 0 Å². The fourth-order valence-corrected chi connectivity index (χ4v) is 2.65. The second-order valence-corrected chi connectivity index (χ2v) is 4.85. The predicted octanol–water partition coefficient (Wildman–Crippen LogP) is 2.10. The molecular weight excluding hydrogens is 246 g/mol. The average molecular weight is 257 g/mol. The van der Waals surface area contributed by atoms with Crippen molar-refractivity contribution in [3.05, 3.63) is 36.9 Å². The summed E-state index contributed by atoms with van der Waals surface area (Å²) in [7, 11) is 1.87. The number of benzene rings is 1. The van der Waals surface area contributed by atoms with Gasteiger partial charge < -0.3 is 5.73 Å². The summed E-state index contributed by atoms with van der Waals surface area (Å²) in [5.74, 6) is 0. The third-order valence-corrected chi connectivity index (χ3v) is 3.81. The van der Waals surface area contributed by atoms with Gasteiger partial charge in [0, 0.05) is 40.8 Å². The molecule has 0 bridgehead atoms. The van der Waals surface area contributed by atoms with Gasteiger partial charge in [-0.25, -0.2) is 9.67 Å². The van der Waals surface area contributed by atoms with Gasteiger partial charge in [-0.15, -0.1) is 0 Å². The molecule has 1 aromatic carbocycles. The van der Waals surface area contributed by atoms with Crippen LogP contribution in [0.1, 0.15) is 0 Å². The maximum absolute atomic E-state index is 5.95. The zero-order valence-corrected chi connectivity index (χ0v) is 10.6. The van der Waals surface area contributed by atoms with Crippen molar-refractivity contribution in [2.75, 3.05) is 5.73 Å². The monoisotopic (exact) mass is 257 g/mol. The van der Waals surface area contributed by atoms with Crippen molar-refractivity contribution in [1.29, 1.82) is 0 Å². The first-order chi connectivity index (χ1) is 8.75. The van der Waals surface area contributed by atoms with Gasteiger partial charge in [0.15, 0.2) is 5.16 Å². The standard InChI is InChI=1S/C12H11N5S/c1-17-12(15-7-16-17)18-11-3-2-10(13)9-6-14-5-4-8(9)11/h2-7H,13H2,1H3. The SMILES string of the molecule is Cn1ncnc1Sc1ccc(N)c2cnccc12. The number of nitrogens with two attached hydrogens (primary N) is 1. The van der Waals surface area contributed by atoms with Crippen molar-refractivity contribution in [2.45, 2.75) is 10.1 Å². The molecule has 2 aromatic heterocycles. The largest absolute Gasteiger partial charge is 0.398 e. The van der Waals surface area contributed by atoms with Crippen molar-refractivity contribution in [1.82, 2.24) is 19.7 Å². The van der Waals surface area contributed by atoms with Crippen molar-refractivity contribution in [3.8, 4) is 0 Å². The first kappa shape index (κ1) is 11.0. The maximum atomic E-state index is 5.95. The van der Waals surface area contributed by atoms with Crippen LogP contribution in [0.15, 0.2) is 47.0 Å². The molecule has 0 saturated heterocycles. The van der Waals surface area contributed by atoms with E-state index >= 15 is 0 Å². The molecular formula is C12H11N5S. The molecule has 5 nitrogen and oxygen atoms in total. The van der Waals surface area contributed by atoms with Gasteiger partial charge >= 0.3 is 0 Å². The summed E-state index contributed by atoms with van der Waals surface area (Å²) < 4.78 is 1.74. The smallest absolute Gasteiger partial charge is 0.190 e. The molecule has 90 valence electrons. The predicted molar refractivity (Wildman–Crippen MR) is 71.3 cm³/mol. The number of nitrogens with zero attached hydrogens (tertiary/aromatic N) is 4. The quantitative estimate of drug-likeness (QED) is 0.712. The molecule has 18 heavy (non-hydrogen) atoms. The molecule has 0 aliphatic carbocycles. The number of nitrogen functional groups attached to an aromatic ring is 1. The minimum Gasteiger partial charge on any atom is -0.398 e. The highest BCUT2D eigenvalue weighted by Gasteiger charge is 2.08. The van der Waals surface area contributed by atoms with Crippen LogP contribution in [0, 0.1) is 0 Å². The van der Waals surface area contributed by atoms with Crippen molar-refractivity contribution in [3.63, 3.8) is 0 Å². The van der Waals surface area contributed by atoms with Gasteiger partial charge in [-0.3, -0.25) is 4.98 Å². The van der Waals surface area contributed by atoms with E-state index in [1.807, 2.05) is 25.2 Å². The molecule has 2 heterocycles. The van der Waals surface area contributed by atoms with Gasteiger partial charge in [0.25, 0.3) is 0 Å². The van der Waals surface area contributed by atoms with Crippen LogP contribution in [-0.4, -0.2) is 19.7 Å². The second kappa shape index (κ2) is 4.30. The Morgan fingerprint density at radius 1 is 1.22 bits per heavy atom. The fourth-order valence-electron chi connectivity index (χ4n) is 1.75. The molecule has 0 spiro atoms. The van der Waals surface area contributed by atoms with E-state index in [4.69, 9.17) is 5.73 Å². The number of pyridine rings is 1. The Morgan fingerprint density at radius 3 is 2.89 bits per heavy atom. The van der Waals surface area contributed by atoms with Gasteiger partial charge in [-0.2, -0.15) is 5.10 Å². The molecule has 0 atom stereocenters. The first-order valence-electron chi connectivity index (χ1n) is 5.40.